The van der Waals surface area contributed by atoms with E-state index in [1.165, 1.54) is 19.7 Å². The van der Waals surface area contributed by atoms with Crippen LogP contribution >= 0.6 is 0 Å². The Labute approximate surface area is 192 Å². The minimum Gasteiger partial charge on any atom is -0.495 e. The summed E-state index contributed by atoms with van der Waals surface area (Å²) in [6.45, 7) is 5.16. The van der Waals surface area contributed by atoms with E-state index in [1.54, 1.807) is 17.0 Å². The maximum Gasteiger partial charge on any atom is 0.246 e. The average molecular weight is 459 g/mol. The van der Waals surface area contributed by atoms with Gasteiger partial charge in [0, 0.05) is 20.1 Å². The van der Waals surface area contributed by atoms with Crippen molar-refractivity contribution in [2.24, 2.45) is 5.92 Å². The Morgan fingerprint density at radius 3 is 2.38 bits per heavy atom. The molecule has 0 N–H and O–H groups in total. The molecule has 0 radical (unpaired) electrons. The van der Waals surface area contributed by atoms with E-state index < -0.39 is 10.0 Å². The summed E-state index contributed by atoms with van der Waals surface area (Å²) < 4.78 is 32.9. The number of hydrogen-bond acceptors (Lipinski definition) is 4. The summed E-state index contributed by atoms with van der Waals surface area (Å²) in [5.41, 5.74) is 2.23. The molecule has 3 rings (SSSR count). The van der Waals surface area contributed by atoms with Gasteiger partial charge < -0.3 is 9.64 Å². The Balaban J connectivity index is 1.62. The molecule has 1 fully saturated rings. The number of hydrogen-bond donors (Lipinski definition) is 0. The van der Waals surface area contributed by atoms with E-state index in [9.17, 15) is 13.2 Å². The van der Waals surface area contributed by atoms with Crippen LogP contribution in [-0.4, -0.2) is 57.3 Å². The lowest BCUT2D eigenvalue weighted by atomic mass is 9.90. The van der Waals surface area contributed by atoms with Crippen molar-refractivity contribution >= 4 is 15.9 Å². The lowest BCUT2D eigenvalue weighted by Gasteiger charge is -2.33. The molecule has 0 aliphatic carbocycles. The highest BCUT2D eigenvalue weighted by molar-refractivity contribution is 7.89. The van der Waals surface area contributed by atoms with Crippen molar-refractivity contribution in [3.63, 3.8) is 0 Å². The van der Waals surface area contributed by atoms with Crippen molar-refractivity contribution in [2.45, 2.75) is 43.9 Å². The number of ether oxygens (including phenoxy) is 1. The van der Waals surface area contributed by atoms with E-state index >= 15 is 0 Å². The van der Waals surface area contributed by atoms with Crippen LogP contribution in [0.2, 0.25) is 0 Å². The molecule has 1 amide bonds. The molecule has 0 atom stereocenters. The van der Waals surface area contributed by atoms with E-state index in [4.69, 9.17) is 4.74 Å². The smallest absolute Gasteiger partial charge is 0.246 e. The van der Waals surface area contributed by atoms with Gasteiger partial charge in [-0.2, -0.15) is 4.31 Å². The van der Waals surface area contributed by atoms with Gasteiger partial charge in [-0.25, -0.2) is 8.42 Å². The van der Waals surface area contributed by atoms with E-state index in [0.717, 1.165) is 29.1 Å². The second-order valence-corrected chi connectivity index (χ2v) is 10.9. The van der Waals surface area contributed by atoms with E-state index in [1.807, 2.05) is 26.0 Å². The summed E-state index contributed by atoms with van der Waals surface area (Å²) in [6, 6.07) is 15.6. The molecular formula is C25H34N2O4S. The van der Waals surface area contributed by atoms with E-state index in [2.05, 4.69) is 24.3 Å². The number of benzene rings is 2. The molecule has 0 aromatic heterocycles. The standard InChI is InChI=1S/C25H34N2O4S/c1-19(2)22-10-11-23(31-4)24(17-22)32(29,30)26(3)18-25(28)27-14-12-21(13-15-27)16-20-8-6-5-7-9-20/h5-11,17,19,21H,12-16,18H2,1-4H3. The monoisotopic (exact) mass is 458 g/mol. The molecule has 1 saturated heterocycles. The highest BCUT2D eigenvalue weighted by atomic mass is 32.2. The van der Waals surface area contributed by atoms with Crippen molar-refractivity contribution in [1.82, 2.24) is 9.21 Å². The van der Waals surface area contributed by atoms with Crippen molar-refractivity contribution in [3.8, 4) is 5.75 Å². The quantitative estimate of drug-likeness (QED) is 0.601. The van der Waals surface area contributed by atoms with Gasteiger partial charge >= 0.3 is 0 Å². The first kappa shape index (κ1) is 24.3. The molecule has 0 spiro atoms. The largest absolute Gasteiger partial charge is 0.495 e. The summed E-state index contributed by atoms with van der Waals surface area (Å²) >= 11 is 0. The van der Waals surface area contributed by atoms with Crippen molar-refractivity contribution in [1.29, 1.82) is 0 Å². The third kappa shape index (κ3) is 5.70. The fourth-order valence-electron chi connectivity index (χ4n) is 4.13. The van der Waals surface area contributed by atoms with Gasteiger partial charge in [-0.1, -0.05) is 50.2 Å². The summed E-state index contributed by atoms with van der Waals surface area (Å²) in [6.07, 6.45) is 2.88. The van der Waals surface area contributed by atoms with Crippen molar-refractivity contribution in [3.05, 3.63) is 59.7 Å². The Morgan fingerprint density at radius 2 is 1.78 bits per heavy atom. The molecule has 174 valence electrons. The number of likely N-dealkylation sites (N-methyl/N-ethyl adjacent to an activating group) is 1. The molecule has 0 unspecified atom stereocenters. The van der Waals surface area contributed by atoms with Gasteiger partial charge in [0.1, 0.15) is 10.6 Å². The molecule has 1 heterocycles. The highest BCUT2D eigenvalue weighted by Crippen LogP contribution is 2.30. The third-order valence-corrected chi connectivity index (χ3v) is 8.06. The van der Waals surface area contributed by atoms with Crippen LogP contribution in [-0.2, 0) is 21.2 Å². The summed E-state index contributed by atoms with van der Waals surface area (Å²) in [5.74, 6) is 0.855. The number of nitrogens with zero attached hydrogens (tertiary/aromatic N) is 2. The zero-order chi connectivity index (χ0) is 23.3. The molecule has 0 bridgehead atoms. The van der Waals surface area contributed by atoms with E-state index in [-0.39, 0.29) is 29.0 Å². The third-order valence-electron chi connectivity index (χ3n) is 6.23. The molecule has 1 aliphatic rings. The van der Waals surface area contributed by atoms with Gasteiger partial charge in [0.05, 0.1) is 13.7 Å². The van der Waals surface area contributed by atoms with Crippen LogP contribution in [0.3, 0.4) is 0 Å². The summed E-state index contributed by atoms with van der Waals surface area (Å²) in [7, 11) is -0.954. The minimum atomic E-state index is -3.86. The lowest BCUT2D eigenvalue weighted by Crippen LogP contribution is -2.44. The second kappa shape index (κ2) is 10.5. The van der Waals surface area contributed by atoms with Crippen LogP contribution < -0.4 is 4.74 Å². The second-order valence-electron chi connectivity index (χ2n) is 8.84. The van der Waals surface area contributed by atoms with Crippen molar-refractivity contribution in [2.75, 3.05) is 33.8 Å². The Morgan fingerprint density at radius 1 is 1.12 bits per heavy atom. The van der Waals surface area contributed by atoms with Gasteiger partial charge in [0.15, 0.2) is 0 Å². The predicted molar refractivity (Wildman–Crippen MR) is 126 cm³/mol. The number of amides is 1. The first-order valence-electron chi connectivity index (χ1n) is 11.2. The molecule has 2 aromatic rings. The lowest BCUT2D eigenvalue weighted by molar-refractivity contribution is -0.132. The van der Waals surface area contributed by atoms with Gasteiger partial charge in [-0.05, 0) is 54.4 Å². The van der Waals surface area contributed by atoms with E-state index in [0.29, 0.717) is 19.0 Å². The number of likely N-dealkylation sites (tertiary alicyclic amines) is 1. The first-order chi connectivity index (χ1) is 15.2. The van der Waals surface area contributed by atoms with Crippen LogP contribution in [0.4, 0.5) is 0 Å². The number of methoxy groups -OCH3 is 1. The molecule has 6 nitrogen and oxygen atoms in total. The average Bonchev–Trinajstić information content (AvgIpc) is 2.79. The molecular weight excluding hydrogens is 424 g/mol. The number of carbonyl (C=O) groups is 1. The first-order valence-corrected chi connectivity index (χ1v) is 12.6. The minimum absolute atomic E-state index is 0.100. The Kier molecular flexibility index (Phi) is 7.96. The van der Waals surface area contributed by atoms with Crippen LogP contribution in [0.15, 0.2) is 53.4 Å². The molecule has 2 aromatic carbocycles. The number of rotatable bonds is 8. The Bertz CT molecular complexity index is 1010. The maximum atomic E-state index is 13.2. The zero-order valence-electron chi connectivity index (χ0n) is 19.5. The van der Waals surface area contributed by atoms with Crippen LogP contribution in [0.1, 0.15) is 43.7 Å². The number of piperidine rings is 1. The van der Waals surface area contributed by atoms with Gasteiger partial charge in [0.2, 0.25) is 15.9 Å². The summed E-state index contributed by atoms with van der Waals surface area (Å²) in [5, 5.41) is 0. The zero-order valence-corrected chi connectivity index (χ0v) is 20.3. The maximum absolute atomic E-state index is 13.2. The Hall–Kier alpha value is -2.38. The summed E-state index contributed by atoms with van der Waals surface area (Å²) in [4.78, 5) is 14.8. The normalized spacial score (nSPS) is 15.4. The van der Waals surface area contributed by atoms with Crippen LogP contribution in [0.25, 0.3) is 0 Å². The van der Waals surface area contributed by atoms with Gasteiger partial charge in [0.25, 0.3) is 0 Å². The molecule has 1 aliphatic heterocycles. The van der Waals surface area contributed by atoms with Crippen molar-refractivity contribution < 1.29 is 17.9 Å². The topological polar surface area (TPSA) is 66.9 Å². The molecule has 32 heavy (non-hydrogen) atoms. The fraction of sp³-hybridized carbons (Fsp3) is 0.480. The number of carbonyl (C=O) groups excluding carboxylic acids is 1. The van der Waals surface area contributed by atoms with Crippen LogP contribution in [0.5, 0.6) is 5.75 Å². The van der Waals surface area contributed by atoms with Gasteiger partial charge in [-0.3, -0.25) is 4.79 Å². The molecule has 7 heteroatoms. The van der Waals surface area contributed by atoms with Crippen LogP contribution in [0, 0.1) is 5.92 Å². The molecule has 0 saturated carbocycles. The fourth-order valence-corrected chi connectivity index (χ4v) is 5.44. The predicted octanol–water partition coefficient (Wildman–Crippen LogP) is 3.92. The number of sulfonamides is 1. The SMILES string of the molecule is COc1ccc(C(C)C)cc1S(=O)(=O)N(C)CC(=O)N1CCC(Cc2ccccc2)CC1. The van der Waals surface area contributed by atoms with Gasteiger partial charge in [-0.15, -0.1) is 0 Å². The highest BCUT2D eigenvalue weighted by Gasteiger charge is 2.30.